The molecule has 1 aliphatic carbocycles. The fourth-order valence-corrected chi connectivity index (χ4v) is 6.48. The number of nitrogens with zero attached hydrogens (tertiary/aromatic N) is 1. The van der Waals surface area contributed by atoms with Gasteiger partial charge in [0.05, 0.1) is 6.04 Å². The summed E-state index contributed by atoms with van der Waals surface area (Å²) in [5.41, 5.74) is 0.581. The largest absolute Gasteiger partial charge is 0.356 e. The van der Waals surface area contributed by atoms with Crippen LogP contribution in [0.25, 0.3) is 0 Å². The molecule has 2 aliphatic heterocycles. The van der Waals surface area contributed by atoms with Crippen LogP contribution in [0.5, 0.6) is 0 Å². The number of halogens is 1. The van der Waals surface area contributed by atoms with Gasteiger partial charge in [0.1, 0.15) is 12.1 Å². The zero-order chi connectivity index (χ0) is 28.3. The van der Waals surface area contributed by atoms with E-state index in [4.69, 9.17) is 0 Å². The maximum atomic E-state index is 14.5. The third-order valence-corrected chi connectivity index (χ3v) is 8.73. The molecule has 0 bridgehead atoms. The molecule has 39 heavy (non-hydrogen) atoms. The predicted octanol–water partition coefficient (Wildman–Crippen LogP) is 1.36. The number of hydrogen-bond acceptors (Lipinski definition) is 6. The first-order valence-corrected chi connectivity index (χ1v) is 15.1. The molecule has 3 N–H and O–H groups in total. The molecule has 2 saturated heterocycles. The number of amides is 4. The van der Waals surface area contributed by atoms with Crippen LogP contribution in [-0.2, 0) is 29.0 Å². The number of hydrogen-bond donors (Lipinski definition) is 3. The molecule has 4 rings (SSSR count). The molecule has 12 heteroatoms. The van der Waals surface area contributed by atoms with Gasteiger partial charge in [0.15, 0.2) is 0 Å². The molecule has 0 radical (unpaired) electrons. The van der Waals surface area contributed by atoms with Crippen LogP contribution in [-0.4, -0.2) is 68.4 Å². The van der Waals surface area contributed by atoms with Crippen LogP contribution in [0.15, 0.2) is 41.6 Å². The molecule has 1 aromatic carbocycles. The van der Waals surface area contributed by atoms with Gasteiger partial charge in [0.2, 0.25) is 32.7 Å². The van der Waals surface area contributed by atoms with Gasteiger partial charge in [0, 0.05) is 32.2 Å². The van der Waals surface area contributed by atoms with Crippen LogP contribution >= 0.6 is 0 Å². The van der Waals surface area contributed by atoms with Gasteiger partial charge in [-0.25, -0.2) is 8.42 Å². The van der Waals surface area contributed by atoms with Gasteiger partial charge < -0.3 is 20.9 Å². The minimum absolute atomic E-state index is 0.0216. The summed E-state index contributed by atoms with van der Waals surface area (Å²) in [6.45, 7) is 2.10. The topological polar surface area (TPSA) is 142 Å². The van der Waals surface area contributed by atoms with Crippen LogP contribution in [0.2, 0.25) is 0 Å². The first-order valence-electron chi connectivity index (χ1n) is 13.2. The van der Waals surface area contributed by atoms with Crippen LogP contribution < -0.4 is 16.0 Å². The Morgan fingerprint density at radius 2 is 1.87 bits per heavy atom. The Morgan fingerprint density at radius 1 is 1.15 bits per heavy atom. The summed E-state index contributed by atoms with van der Waals surface area (Å²) in [4.78, 5) is 53.3. The summed E-state index contributed by atoms with van der Waals surface area (Å²) in [5.74, 6) is -2.13. The highest BCUT2D eigenvalue weighted by molar-refractivity contribution is 7.94. The van der Waals surface area contributed by atoms with Crippen molar-refractivity contribution in [3.05, 3.63) is 47.1 Å². The number of likely N-dealkylation sites (tertiary alicyclic amines) is 1. The highest BCUT2D eigenvalue weighted by Crippen LogP contribution is 2.43. The molecule has 212 valence electrons. The highest BCUT2D eigenvalue weighted by atomic mass is 32.2. The average molecular weight is 563 g/mol. The molecule has 3 aliphatic rings. The average Bonchev–Trinajstić information content (AvgIpc) is 3.58. The maximum Gasteiger partial charge on any atom is 0.250 e. The van der Waals surface area contributed by atoms with Gasteiger partial charge in [-0.1, -0.05) is 36.8 Å². The number of nitrogens with one attached hydrogen (secondary N) is 3. The molecule has 10 nitrogen and oxygen atoms in total. The lowest BCUT2D eigenvalue weighted by molar-refractivity contribution is -0.142. The Hall–Kier alpha value is -3.28. The fourth-order valence-electron chi connectivity index (χ4n) is 6.07. The van der Waals surface area contributed by atoms with Crippen molar-refractivity contribution in [3.8, 4) is 0 Å². The SMILES string of the molecule is CC(=O)N[C@@H](C(=O)N1C[C@@H]2CCC[C@@H]2[C@H]1C(=O)N[C@H](/C=C(/F)S(C)(=O)=O)C[C@@H]1CCNC1=O)c1ccccc1. The molecule has 1 saturated carbocycles. The number of carbonyl (C=O) groups is 4. The van der Waals surface area contributed by atoms with Gasteiger partial charge in [-0.2, -0.15) is 4.39 Å². The number of benzene rings is 1. The Bertz CT molecular complexity index is 1250. The van der Waals surface area contributed by atoms with E-state index in [2.05, 4.69) is 16.0 Å². The van der Waals surface area contributed by atoms with Crippen molar-refractivity contribution in [2.24, 2.45) is 17.8 Å². The number of rotatable bonds is 9. The lowest BCUT2D eigenvalue weighted by atomic mass is 9.92. The van der Waals surface area contributed by atoms with Gasteiger partial charge in [-0.3, -0.25) is 19.2 Å². The number of carbonyl (C=O) groups excluding carboxylic acids is 4. The zero-order valence-electron chi connectivity index (χ0n) is 22.1. The molecule has 0 unspecified atom stereocenters. The summed E-state index contributed by atoms with van der Waals surface area (Å²) >= 11 is 0. The van der Waals surface area contributed by atoms with E-state index in [0.29, 0.717) is 25.1 Å². The van der Waals surface area contributed by atoms with Crippen LogP contribution in [0.3, 0.4) is 0 Å². The standard InChI is InChI=1S/C27H35FN4O6S/c1-16(33)30-23(17-7-4-3-5-8-17)27(36)32-15-19-9-6-10-21(19)24(32)26(35)31-20(14-22(28)39(2,37)38)13-18-11-12-29-25(18)34/h3-5,7-8,14,18-21,23-24H,6,9-13,15H2,1-2H3,(H,29,34)(H,30,33)(H,31,35)/b22-14-/t18-,19-,20-,21-,23+,24-/m0/s1. The Kier molecular flexibility index (Phi) is 8.73. The summed E-state index contributed by atoms with van der Waals surface area (Å²) in [7, 11) is -4.15. The monoisotopic (exact) mass is 562 g/mol. The van der Waals surface area contributed by atoms with Gasteiger partial charge >= 0.3 is 0 Å². The Balaban J connectivity index is 1.62. The van der Waals surface area contributed by atoms with Crippen LogP contribution in [0.1, 0.15) is 50.6 Å². The summed E-state index contributed by atoms with van der Waals surface area (Å²) in [6.07, 6.45) is 4.54. The quantitative estimate of drug-likeness (QED) is 0.415. The molecular weight excluding hydrogens is 527 g/mol. The summed E-state index contributed by atoms with van der Waals surface area (Å²) in [5, 5.41) is 6.75. The highest BCUT2D eigenvalue weighted by Gasteiger charge is 2.51. The molecule has 6 atom stereocenters. The lowest BCUT2D eigenvalue weighted by Crippen LogP contribution is -2.53. The molecule has 1 aromatic rings. The lowest BCUT2D eigenvalue weighted by Gasteiger charge is -2.32. The molecule has 0 spiro atoms. The van der Waals surface area contributed by atoms with Gasteiger partial charge in [0.25, 0.3) is 5.91 Å². The third-order valence-electron chi connectivity index (χ3n) is 7.88. The van der Waals surface area contributed by atoms with Crippen molar-refractivity contribution in [3.63, 3.8) is 0 Å². The first-order chi connectivity index (χ1) is 18.5. The summed E-state index contributed by atoms with van der Waals surface area (Å²) in [6, 6.07) is 5.83. The van der Waals surface area contributed by atoms with E-state index in [-0.39, 0.29) is 24.2 Å². The van der Waals surface area contributed by atoms with Crippen LogP contribution in [0.4, 0.5) is 4.39 Å². The van der Waals surface area contributed by atoms with E-state index >= 15 is 0 Å². The van der Waals surface area contributed by atoms with Crippen LogP contribution in [0, 0.1) is 17.8 Å². The van der Waals surface area contributed by atoms with E-state index in [1.54, 1.807) is 30.3 Å². The van der Waals surface area contributed by atoms with Gasteiger partial charge in [-0.15, -0.1) is 0 Å². The first kappa shape index (κ1) is 28.7. The van der Waals surface area contributed by atoms with Crippen molar-refractivity contribution in [1.29, 1.82) is 0 Å². The normalized spacial score (nSPS) is 26.5. The van der Waals surface area contributed by atoms with E-state index in [9.17, 15) is 32.0 Å². The molecule has 3 fully saturated rings. The van der Waals surface area contributed by atoms with Crippen molar-refractivity contribution < 1.29 is 32.0 Å². The molecule has 2 heterocycles. The predicted molar refractivity (Wildman–Crippen MR) is 141 cm³/mol. The number of sulfone groups is 1. The minimum Gasteiger partial charge on any atom is -0.356 e. The molecule has 4 amide bonds. The second-order valence-electron chi connectivity index (χ2n) is 10.7. The van der Waals surface area contributed by atoms with E-state index in [0.717, 1.165) is 31.6 Å². The van der Waals surface area contributed by atoms with Crippen molar-refractivity contribution in [2.75, 3.05) is 19.3 Å². The zero-order valence-corrected chi connectivity index (χ0v) is 22.9. The van der Waals surface area contributed by atoms with E-state index in [1.165, 1.54) is 11.8 Å². The second-order valence-corrected chi connectivity index (χ2v) is 12.6. The van der Waals surface area contributed by atoms with Crippen molar-refractivity contribution in [1.82, 2.24) is 20.9 Å². The van der Waals surface area contributed by atoms with Crippen molar-refractivity contribution >= 4 is 33.5 Å². The Morgan fingerprint density at radius 3 is 2.49 bits per heavy atom. The minimum atomic E-state index is -4.15. The Labute approximate surface area is 227 Å². The van der Waals surface area contributed by atoms with Gasteiger partial charge in [-0.05, 0) is 49.2 Å². The fraction of sp³-hybridized carbons (Fsp3) is 0.556. The van der Waals surface area contributed by atoms with Crippen molar-refractivity contribution in [2.45, 2.75) is 57.2 Å². The molecular formula is C27H35FN4O6S. The second kappa shape index (κ2) is 11.8. The molecule has 0 aromatic heterocycles. The third kappa shape index (κ3) is 6.66. The number of fused-ring (bicyclic) bond motifs is 1. The smallest absolute Gasteiger partial charge is 0.250 e. The van der Waals surface area contributed by atoms with E-state index in [1.807, 2.05) is 0 Å². The maximum absolute atomic E-state index is 14.5. The summed E-state index contributed by atoms with van der Waals surface area (Å²) < 4.78 is 38.1. The van der Waals surface area contributed by atoms with E-state index < -0.39 is 56.8 Å².